The molecule has 1 aliphatic carbocycles. The van der Waals surface area contributed by atoms with Gasteiger partial charge < -0.3 is 4.90 Å². The lowest BCUT2D eigenvalue weighted by atomic mass is 10.1. The van der Waals surface area contributed by atoms with Crippen molar-refractivity contribution in [1.82, 2.24) is 14.3 Å². The molecule has 1 saturated carbocycles. The van der Waals surface area contributed by atoms with E-state index in [2.05, 4.69) is 4.98 Å². The third kappa shape index (κ3) is 3.61. The molecule has 4 nitrogen and oxygen atoms in total. The Morgan fingerprint density at radius 2 is 1.90 bits per heavy atom. The molecule has 0 aliphatic heterocycles. The second-order valence-electron chi connectivity index (χ2n) is 7.47. The van der Waals surface area contributed by atoms with Gasteiger partial charge in [0, 0.05) is 41.8 Å². The van der Waals surface area contributed by atoms with Crippen LogP contribution in [0.15, 0.2) is 60.1 Å². The summed E-state index contributed by atoms with van der Waals surface area (Å²) in [5.41, 5.74) is 2.81. The van der Waals surface area contributed by atoms with Crippen molar-refractivity contribution < 1.29 is 13.6 Å². The van der Waals surface area contributed by atoms with Crippen LogP contribution in [-0.4, -0.2) is 32.8 Å². The highest BCUT2D eigenvalue weighted by molar-refractivity contribution is 7.15. The van der Waals surface area contributed by atoms with Gasteiger partial charge in [0.15, 0.2) is 4.96 Å². The van der Waals surface area contributed by atoms with E-state index in [4.69, 9.17) is 0 Å². The predicted octanol–water partition coefficient (Wildman–Crippen LogP) is 5.19. The summed E-state index contributed by atoms with van der Waals surface area (Å²) < 4.78 is 29.3. The van der Waals surface area contributed by atoms with Gasteiger partial charge >= 0.3 is 0 Å². The molecule has 0 bridgehead atoms. The maximum Gasteiger partial charge on any atom is 0.257 e. The van der Waals surface area contributed by atoms with Crippen molar-refractivity contribution in [2.75, 3.05) is 6.54 Å². The first kappa shape index (κ1) is 18.9. The van der Waals surface area contributed by atoms with Crippen LogP contribution in [0.5, 0.6) is 0 Å². The minimum Gasteiger partial charge on any atom is -0.335 e. The number of carbonyl (C=O) groups excluding carboxylic acids is 1. The van der Waals surface area contributed by atoms with E-state index in [1.165, 1.54) is 29.5 Å². The number of amides is 1. The number of halogens is 2. The summed E-state index contributed by atoms with van der Waals surface area (Å²) in [6, 6.07) is 12.6. The fraction of sp³-hybridized carbons (Fsp3) is 0.217. The largest absolute Gasteiger partial charge is 0.335 e. The number of rotatable bonds is 6. The molecule has 1 amide bonds. The van der Waals surface area contributed by atoms with Gasteiger partial charge in [-0.1, -0.05) is 12.1 Å². The van der Waals surface area contributed by atoms with E-state index in [0.29, 0.717) is 13.0 Å². The van der Waals surface area contributed by atoms with Crippen LogP contribution in [0, 0.1) is 11.6 Å². The quantitative estimate of drug-likeness (QED) is 0.428. The topological polar surface area (TPSA) is 37.6 Å². The van der Waals surface area contributed by atoms with E-state index in [1.54, 1.807) is 35.2 Å². The minimum atomic E-state index is -0.482. The number of hydrogen-bond donors (Lipinski definition) is 0. The normalized spacial score (nSPS) is 13.7. The smallest absolute Gasteiger partial charge is 0.257 e. The molecule has 5 rings (SSSR count). The van der Waals surface area contributed by atoms with E-state index >= 15 is 0 Å². The average molecular weight is 423 g/mol. The van der Waals surface area contributed by atoms with Crippen molar-refractivity contribution >= 4 is 22.2 Å². The second kappa shape index (κ2) is 7.65. The minimum absolute atomic E-state index is 0.126. The fourth-order valence-corrected chi connectivity index (χ4v) is 4.54. The van der Waals surface area contributed by atoms with E-state index in [-0.39, 0.29) is 23.3 Å². The Morgan fingerprint density at radius 3 is 2.63 bits per heavy atom. The van der Waals surface area contributed by atoms with Gasteiger partial charge in [-0.2, -0.15) is 0 Å². The van der Waals surface area contributed by atoms with Gasteiger partial charge in [0.2, 0.25) is 0 Å². The molecule has 0 unspecified atom stereocenters. The lowest BCUT2D eigenvalue weighted by Gasteiger charge is -2.22. The third-order valence-electron chi connectivity index (χ3n) is 5.38. The molecular formula is C23H19F2N3OS. The summed E-state index contributed by atoms with van der Waals surface area (Å²) in [5.74, 6) is -1.01. The molecule has 30 heavy (non-hydrogen) atoms. The van der Waals surface area contributed by atoms with Gasteiger partial charge in [-0.05, 0) is 49.2 Å². The molecule has 2 heterocycles. The van der Waals surface area contributed by atoms with Crippen LogP contribution in [0.2, 0.25) is 0 Å². The maximum absolute atomic E-state index is 14.1. The van der Waals surface area contributed by atoms with Crippen LogP contribution < -0.4 is 0 Å². The molecule has 0 saturated heterocycles. The van der Waals surface area contributed by atoms with Crippen molar-refractivity contribution in [3.63, 3.8) is 0 Å². The number of thiazole rings is 1. The van der Waals surface area contributed by atoms with Crippen molar-refractivity contribution in [2.45, 2.75) is 25.3 Å². The summed E-state index contributed by atoms with van der Waals surface area (Å²) >= 11 is 1.53. The third-order valence-corrected chi connectivity index (χ3v) is 6.27. The molecule has 1 aliphatic rings. The first-order valence-electron chi connectivity index (χ1n) is 9.87. The molecule has 2 aromatic carbocycles. The molecular weight excluding hydrogens is 404 g/mol. The van der Waals surface area contributed by atoms with Crippen LogP contribution in [0.4, 0.5) is 8.78 Å². The van der Waals surface area contributed by atoms with E-state index in [0.717, 1.165) is 34.8 Å². The van der Waals surface area contributed by atoms with E-state index in [1.807, 2.05) is 16.0 Å². The summed E-state index contributed by atoms with van der Waals surface area (Å²) in [4.78, 5) is 20.2. The monoisotopic (exact) mass is 423 g/mol. The van der Waals surface area contributed by atoms with Crippen molar-refractivity contribution in [1.29, 1.82) is 0 Å². The van der Waals surface area contributed by atoms with Crippen LogP contribution in [-0.2, 0) is 6.42 Å². The second-order valence-corrected chi connectivity index (χ2v) is 8.31. The SMILES string of the molecule is O=C(c1ccccc1F)N(CCc1csc2nc(-c3ccc(F)cc3)cn12)C1CC1. The number of hydrogen-bond acceptors (Lipinski definition) is 3. The highest BCUT2D eigenvalue weighted by Gasteiger charge is 2.33. The number of aromatic nitrogens is 2. The molecule has 0 radical (unpaired) electrons. The number of nitrogens with zero attached hydrogens (tertiary/aromatic N) is 3. The van der Waals surface area contributed by atoms with Gasteiger partial charge in [-0.15, -0.1) is 11.3 Å². The maximum atomic E-state index is 14.1. The van der Waals surface area contributed by atoms with Crippen molar-refractivity contribution in [3.8, 4) is 11.3 Å². The Kier molecular flexibility index (Phi) is 4.83. The van der Waals surface area contributed by atoms with Gasteiger partial charge in [-0.3, -0.25) is 9.20 Å². The van der Waals surface area contributed by atoms with Crippen LogP contribution in [0.3, 0.4) is 0 Å². The van der Waals surface area contributed by atoms with Gasteiger partial charge in [-0.25, -0.2) is 13.8 Å². The number of imidazole rings is 1. The lowest BCUT2D eigenvalue weighted by Crippen LogP contribution is -2.35. The predicted molar refractivity (Wildman–Crippen MR) is 113 cm³/mol. The molecule has 2 aromatic heterocycles. The van der Waals surface area contributed by atoms with E-state index in [9.17, 15) is 13.6 Å². The molecule has 0 atom stereocenters. The van der Waals surface area contributed by atoms with E-state index < -0.39 is 5.82 Å². The molecule has 7 heteroatoms. The molecule has 0 spiro atoms. The fourth-order valence-electron chi connectivity index (χ4n) is 3.63. The van der Waals surface area contributed by atoms with Crippen LogP contribution >= 0.6 is 11.3 Å². The zero-order valence-corrected chi connectivity index (χ0v) is 16.9. The summed E-state index contributed by atoms with van der Waals surface area (Å²) in [7, 11) is 0. The lowest BCUT2D eigenvalue weighted by molar-refractivity contribution is 0.0740. The molecule has 0 N–H and O–H groups in total. The van der Waals surface area contributed by atoms with Crippen molar-refractivity contribution in [3.05, 3.63) is 83.0 Å². The summed E-state index contributed by atoms with van der Waals surface area (Å²) in [6.45, 7) is 0.522. The molecule has 4 aromatic rings. The van der Waals surface area contributed by atoms with Crippen LogP contribution in [0.25, 0.3) is 16.2 Å². The number of benzene rings is 2. The molecule has 1 fully saturated rings. The molecule has 152 valence electrons. The first-order valence-corrected chi connectivity index (χ1v) is 10.7. The Labute approximate surface area is 176 Å². The zero-order valence-electron chi connectivity index (χ0n) is 16.1. The summed E-state index contributed by atoms with van der Waals surface area (Å²) in [5, 5.41) is 2.04. The highest BCUT2D eigenvalue weighted by atomic mass is 32.1. The zero-order chi connectivity index (χ0) is 20.7. The van der Waals surface area contributed by atoms with Gasteiger partial charge in [0.1, 0.15) is 11.6 Å². The van der Waals surface area contributed by atoms with Crippen molar-refractivity contribution in [2.24, 2.45) is 0 Å². The van der Waals surface area contributed by atoms with Gasteiger partial charge in [0.05, 0.1) is 11.3 Å². The summed E-state index contributed by atoms with van der Waals surface area (Å²) in [6.07, 6.45) is 4.50. The first-order chi connectivity index (χ1) is 14.6. The Balaban J connectivity index is 1.36. The van der Waals surface area contributed by atoms with Gasteiger partial charge in [0.25, 0.3) is 5.91 Å². The standard InChI is InChI=1S/C23H19F2N3OS/c24-16-7-5-15(6-8-16)21-13-28-18(14-30-23(28)26-21)11-12-27(17-9-10-17)22(29)19-3-1-2-4-20(19)25/h1-8,13-14,17H,9-12H2. The Bertz CT molecular complexity index is 1210. The highest BCUT2D eigenvalue weighted by Crippen LogP contribution is 2.30. The number of carbonyl (C=O) groups is 1. The Hall–Kier alpha value is -3.06. The Morgan fingerprint density at radius 1 is 1.13 bits per heavy atom. The average Bonchev–Trinajstić information content (AvgIpc) is 3.38. The number of fused-ring (bicyclic) bond motifs is 1. The van der Waals surface area contributed by atoms with Crippen LogP contribution in [0.1, 0.15) is 28.9 Å².